The monoisotopic (exact) mass is 355 g/mol. The zero-order valence-corrected chi connectivity index (χ0v) is 16.7. The normalized spacial score (nSPS) is 11.0. The van der Waals surface area contributed by atoms with E-state index in [2.05, 4.69) is 5.32 Å². The largest absolute Gasteiger partial charge is 0.481 e. The molecular weight excluding hydrogens is 314 g/mol. The molecule has 4 nitrogen and oxygen atoms in total. The maximum atomic E-state index is 11.5. The number of carbonyl (C=O) groups is 2. The molecule has 0 rings (SSSR count). The van der Waals surface area contributed by atoms with Crippen LogP contribution in [0.4, 0.5) is 0 Å². The standard InChI is InChI=1S/C21H41NO3/c1-19(2)22-20(23)17-15-13-11-9-7-5-3-4-6-8-10-12-14-16-18-21(24)25/h19H,3-18H2,1-2H3,(H,22,23)(H,24,25). The SMILES string of the molecule is CC(C)NC(=O)CCCCCCCCCCCCCCCCC(=O)O. The number of amides is 1. The minimum atomic E-state index is -0.670. The van der Waals surface area contributed by atoms with Crippen LogP contribution in [-0.2, 0) is 9.59 Å². The summed E-state index contributed by atoms with van der Waals surface area (Å²) in [7, 11) is 0. The maximum absolute atomic E-state index is 11.5. The highest BCUT2D eigenvalue weighted by molar-refractivity contribution is 5.76. The fraction of sp³-hybridized carbons (Fsp3) is 0.905. The zero-order chi connectivity index (χ0) is 18.8. The molecule has 0 aliphatic carbocycles. The molecule has 0 spiro atoms. The van der Waals surface area contributed by atoms with Gasteiger partial charge in [0.2, 0.25) is 5.91 Å². The van der Waals surface area contributed by atoms with Gasteiger partial charge in [0, 0.05) is 18.9 Å². The Kier molecular flexibility index (Phi) is 17.0. The van der Waals surface area contributed by atoms with Crippen LogP contribution in [0.15, 0.2) is 0 Å². The van der Waals surface area contributed by atoms with Gasteiger partial charge in [0.15, 0.2) is 0 Å². The van der Waals surface area contributed by atoms with E-state index >= 15 is 0 Å². The van der Waals surface area contributed by atoms with Crippen molar-refractivity contribution in [2.45, 2.75) is 123 Å². The molecular formula is C21H41NO3. The van der Waals surface area contributed by atoms with Crippen LogP contribution >= 0.6 is 0 Å². The molecule has 0 heterocycles. The summed E-state index contributed by atoms with van der Waals surface area (Å²) in [5.41, 5.74) is 0. The molecule has 0 atom stereocenters. The van der Waals surface area contributed by atoms with Gasteiger partial charge in [0.1, 0.15) is 0 Å². The van der Waals surface area contributed by atoms with Crippen molar-refractivity contribution in [2.24, 2.45) is 0 Å². The summed E-state index contributed by atoms with van der Waals surface area (Å²) in [5, 5.41) is 11.5. The van der Waals surface area contributed by atoms with Crippen molar-refractivity contribution in [3.8, 4) is 0 Å². The Morgan fingerprint density at radius 2 is 0.960 bits per heavy atom. The summed E-state index contributed by atoms with van der Waals surface area (Å²) in [6.45, 7) is 4.00. The highest BCUT2D eigenvalue weighted by atomic mass is 16.4. The maximum Gasteiger partial charge on any atom is 0.303 e. The number of unbranched alkanes of at least 4 members (excludes halogenated alkanes) is 13. The zero-order valence-electron chi connectivity index (χ0n) is 16.7. The fourth-order valence-corrected chi connectivity index (χ4v) is 3.08. The molecule has 0 bridgehead atoms. The summed E-state index contributed by atoms with van der Waals surface area (Å²) >= 11 is 0. The van der Waals surface area contributed by atoms with E-state index < -0.39 is 5.97 Å². The van der Waals surface area contributed by atoms with E-state index in [1.807, 2.05) is 13.8 Å². The first-order valence-corrected chi connectivity index (χ1v) is 10.5. The van der Waals surface area contributed by atoms with E-state index in [4.69, 9.17) is 5.11 Å². The van der Waals surface area contributed by atoms with Gasteiger partial charge in [-0.3, -0.25) is 9.59 Å². The summed E-state index contributed by atoms with van der Waals surface area (Å²) in [6.07, 6.45) is 18.0. The Morgan fingerprint density at radius 3 is 1.28 bits per heavy atom. The molecule has 0 unspecified atom stereocenters. The van der Waals surface area contributed by atoms with Gasteiger partial charge in [-0.2, -0.15) is 0 Å². The van der Waals surface area contributed by atoms with Crippen LogP contribution in [0.2, 0.25) is 0 Å². The highest BCUT2D eigenvalue weighted by Gasteiger charge is 2.02. The summed E-state index contributed by atoms with van der Waals surface area (Å²) in [4.78, 5) is 21.9. The topological polar surface area (TPSA) is 66.4 Å². The summed E-state index contributed by atoms with van der Waals surface area (Å²) in [6, 6.07) is 0.254. The van der Waals surface area contributed by atoms with Crippen molar-refractivity contribution in [3.63, 3.8) is 0 Å². The minimum Gasteiger partial charge on any atom is -0.481 e. The minimum absolute atomic E-state index is 0.192. The van der Waals surface area contributed by atoms with Crippen LogP contribution < -0.4 is 5.32 Å². The molecule has 0 saturated carbocycles. The number of aliphatic carboxylic acids is 1. The number of nitrogens with one attached hydrogen (secondary N) is 1. The van der Waals surface area contributed by atoms with Crippen molar-refractivity contribution >= 4 is 11.9 Å². The molecule has 25 heavy (non-hydrogen) atoms. The van der Waals surface area contributed by atoms with E-state index in [1.54, 1.807) is 0 Å². The predicted molar refractivity (Wildman–Crippen MR) is 105 cm³/mol. The molecule has 148 valence electrons. The molecule has 0 aliphatic heterocycles. The lowest BCUT2D eigenvalue weighted by atomic mass is 10.0. The summed E-state index contributed by atoms with van der Waals surface area (Å²) < 4.78 is 0. The van der Waals surface area contributed by atoms with Crippen molar-refractivity contribution in [2.75, 3.05) is 0 Å². The van der Waals surface area contributed by atoms with Gasteiger partial charge in [0.05, 0.1) is 0 Å². The highest BCUT2D eigenvalue weighted by Crippen LogP contribution is 2.13. The van der Waals surface area contributed by atoms with Gasteiger partial charge in [-0.15, -0.1) is 0 Å². The second-order valence-corrected chi connectivity index (χ2v) is 7.57. The Bertz CT molecular complexity index is 329. The predicted octanol–water partition coefficient (Wildman–Crippen LogP) is 5.84. The number of hydrogen-bond acceptors (Lipinski definition) is 2. The molecule has 2 N–H and O–H groups in total. The number of rotatable bonds is 18. The molecule has 0 radical (unpaired) electrons. The molecule has 0 aromatic carbocycles. The van der Waals surface area contributed by atoms with Gasteiger partial charge < -0.3 is 10.4 Å². The van der Waals surface area contributed by atoms with Gasteiger partial charge in [0.25, 0.3) is 0 Å². The van der Waals surface area contributed by atoms with Crippen LogP contribution in [0, 0.1) is 0 Å². The first-order chi connectivity index (χ1) is 12.0. The van der Waals surface area contributed by atoms with Crippen LogP contribution in [0.1, 0.15) is 117 Å². The van der Waals surface area contributed by atoms with Crippen LogP contribution in [0.25, 0.3) is 0 Å². The van der Waals surface area contributed by atoms with Crippen molar-refractivity contribution in [1.29, 1.82) is 0 Å². The van der Waals surface area contributed by atoms with E-state index in [9.17, 15) is 9.59 Å². The molecule has 4 heteroatoms. The molecule has 0 aliphatic rings. The van der Waals surface area contributed by atoms with E-state index in [1.165, 1.54) is 70.6 Å². The van der Waals surface area contributed by atoms with Gasteiger partial charge >= 0.3 is 5.97 Å². The molecule has 1 amide bonds. The Morgan fingerprint density at radius 1 is 0.640 bits per heavy atom. The number of hydrogen-bond donors (Lipinski definition) is 2. The first kappa shape index (κ1) is 23.9. The third kappa shape index (κ3) is 20.9. The summed E-state index contributed by atoms with van der Waals surface area (Å²) in [5.74, 6) is -0.478. The average Bonchev–Trinajstić information content (AvgIpc) is 2.53. The third-order valence-corrected chi connectivity index (χ3v) is 4.49. The lowest BCUT2D eigenvalue weighted by Gasteiger charge is -2.07. The lowest BCUT2D eigenvalue weighted by Crippen LogP contribution is -2.29. The van der Waals surface area contributed by atoms with E-state index in [-0.39, 0.29) is 11.9 Å². The van der Waals surface area contributed by atoms with Gasteiger partial charge in [-0.05, 0) is 26.7 Å². The second kappa shape index (κ2) is 17.8. The Balaban J connectivity index is 3.09. The van der Waals surface area contributed by atoms with E-state index in [0.717, 1.165) is 19.3 Å². The van der Waals surface area contributed by atoms with Crippen LogP contribution in [0.5, 0.6) is 0 Å². The van der Waals surface area contributed by atoms with Crippen molar-refractivity contribution in [1.82, 2.24) is 5.32 Å². The van der Waals surface area contributed by atoms with Gasteiger partial charge in [-0.25, -0.2) is 0 Å². The quantitative estimate of drug-likeness (QED) is 0.304. The first-order valence-electron chi connectivity index (χ1n) is 10.5. The lowest BCUT2D eigenvalue weighted by molar-refractivity contribution is -0.137. The van der Waals surface area contributed by atoms with Crippen molar-refractivity contribution < 1.29 is 14.7 Å². The molecule has 0 aromatic rings. The molecule has 0 aromatic heterocycles. The van der Waals surface area contributed by atoms with Crippen LogP contribution in [0.3, 0.4) is 0 Å². The Hall–Kier alpha value is -1.06. The Labute approximate surface area is 155 Å². The third-order valence-electron chi connectivity index (χ3n) is 4.49. The van der Waals surface area contributed by atoms with Crippen LogP contribution in [-0.4, -0.2) is 23.0 Å². The second-order valence-electron chi connectivity index (χ2n) is 7.57. The number of carboxylic acids is 1. The van der Waals surface area contributed by atoms with Crippen molar-refractivity contribution in [3.05, 3.63) is 0 Å². The number of carbonyl (C=O) groups excluding carboxylic acids is 1. The molecule has 0 saturated heterocycles. The average molecular weight is 356 g/mol. The van der Waals surface area contributed by atoms with E-state index in [0.29, 0.717) is 12.8 Å². The number of carboxylic acid groups (broad SMARTS) is 1. The smallest absolute Gasteiger partial charge is 0.303 e. The molecule has 0 fully saturated rings. The van der Waals surface area contributed by atoms with Gasteiger partial charge in [-0.1, -0.05) is 77.0 Å². The fourth-order valence-electron chi connectivity index (χ4n) is 3.08.